The predicted octanol–water partition coefficient (Wildman–Crippen LogP) is 1.26. The number of carbonyl (C=O) groups is 2. The van der Waals surface area contributed by atoms with Crippen LogP contribution in [0.4, 0.5) is 0 Å². The van der Waals surface area contributed by atoms with Gasteiger partial charge in [-0.1, -0.05) is 12.2 Å². The molecule has 1 amide bonds. The number of likely N-dealkylation sites (tertiary alicyclic amines) is 1. The summed E-state index contributed by atoms with van der Waals surface area (Å²) in [4.78, 5) is 25.8. The Hall–Kier alpha value is -1.36. The molecule has 1 aliphatic carbocycles. The number of allylic oxidation sites excluding steroid dienone is 1. The normalized spacial score (nSPS) is 43.9. The minimum Gasteiger partial charge on any atom is -0.456 e. The number of aliphatic hydroxyl groups is 1. The maximum atomic E-state index is 12.5. The fourth-order valence-electron chi connectivity index (χ4n) is 4.30. The van der Waals surface area contributed by atoms with E-state index >= 15 is 0 Å². The summed E-state index contributed by atoms with van der Waals surface area (Å²) in [5, 5.41) is 11.0. The Balaban J connectivity index is 2.01. The molecule has 0 bridgehead atoms. The highest BCUT2D eigenvalue weighted by molar-refractivity contribution is 5.91. The molecule has 0 spiro atoms. The van der Waals surface area contributed by atoms with Gasteiger partial charge in [-0.3, -0.25) is 9.59 Å². The summed E-state index contributed by atoms with van der Waals surface area (Å²) < 4.78 is 5.56. The lowest BCUT2D eigenvalue weighted by molar-refractivity contribution is -0.168. The lowest BCUT2D eigenvalue weighted by Crippen LogP contribution is -2.64. The zero-order valence-corrected chi connectivity index (χ0v) is 12.8. The van der Waals surface area contributed by atoms with Gasteiger partial charge in [0.15, 0.2) is 0 Å². The summed E-state index contributed by atoms with van der Waals surface area (Å²) >= 11 is 0. The van der Waals surface area contributed by atoms with E-state index in [1.165, 1.54) is 0 Å². The number of nitrogens with zero attached hydrogens (tertiary/aromatic N) is 1. The van der Waals surface area contributed by atoms with Gasteiger partial charge in [0.1, 0.15) is 11.1 Å². The Labute approximate surface area is 124 Å². The lowest BCUT2D eigenvalue weighted by Gasteiger charge is -2.47. The highest BCUT2D eigenvalue weighted by Crippen LogP contribution is 2.53. The van der Waals surface area contributed by atoms with Crippen LogP contribution in [0.1, 0.15) is 39.5 Å². The van der Waals surface area contributed by atoms with Crippen molar-refractivity contribution in [3.05, 3.63) is 12.2 Å². The molecule has 2 heterocycles. The van der Waals surface area contributed by atoms with Gasteiger partial charge in [-0.25, -0.2) is 0 Å². The van der Waals surface area contributed by atoms with E-state index in [1.807, 2.05) is 13.0 Å². The molecular weight excluding hydrogens is 270 g/mol. The molecule has 2 fully saturated rings. The molecule has 116 valence electrons. The molecule has 2 saturated heterocycles. The third-order valence-corrected chi connectivity index (χ3v) is 5.97. The first kappa shape index (κ1) is 14.6. The largest absolute Gasteiger partial charge is 0.456 e. The standard InChI is InChI=1S/C16H23NO4/c1-15(13(19)10-7-5-4-6-8-10)16(2)11(9-12(18)21-16)14(20)17(15)3/h5,7,10-11,13,19H,4,6,8-9H2,1-3H3/t10-,11+,13?,15-,16+/m1/s1. The van der Waals surface area contributed by atoms with Crippen molar-refractivity contribution in [2.24, 2.45) is 11.8 Å². The first-order chi connectivity index (χ1) is 9.82. The van der Waals surface area contributed by atoms with Gasteiger partial charge < -0.3 is 14.7 Å². The second-order valence-electron chi connectivity index (χ2n) is 6.85. The molecule has 1 N–H and O–H groups in total. The van der Waals surface area contributed by atoms with Gasteiger partial charge in [-0.2, -0.15) is 0 Å². The van der Waals surface area contributed by atoms with Crippen LogP contribution in [0.5, 0.6) is 0 Å². The SMILES string of the molecule is CN1C(=O)[C@@H]2CC(=O)O[C@]2(C)[C@@]1(C)C(O)[C@@H]1C=CCCC1. The molecule has 0 saturated carbocycles. The Morgan fingerprint density at radius 3 is 2.76 bits per heavy atom. The second-order valence-corrected chi connectivity index (χ2v) is 6.85. The number of rotatable bonds is 2. The van der Waals surface area contributed by atoms with Crippen molar-refractivity contribution in [2.75, 3.05) is 7.05 Å². The Kier molecular flexibility index (Phi) is 3.17. The number of likely N-dealkylation sites (N-methyl/N-ethyl adjacent to an activating group) is 1. The van der Waals surface area contributed by atoms with Crippen molar-refractivity contribution in [1.82, 2.24) is 4.90 Å². The second kappa shape index (κ2) is 4.57. The van der Waals surface area contributed by atoms with Gasteiger partial charge in [0.05, 0.1) is 18.4 Å². The summed E-state index contributed by atoms with van der Waals surface area (Å²) in [5.74, 6) is -0.942. The van der Waals surface area contributed by atoms with E-state index in [0.29, 0.717) is 0 Å². The molecule has 5 heteroatoms. The molecule has 3 rings (SSSR count). The molecule has 5 nitrogen and oxygen atoms in total. The van der Waals surface area contributed by atoms with Gasteiger partial charge in [0, 0.05) is 13.0 Å². The number of hydrogen-bond donors (Lipinski definition) is 1. The summed E-state index contributed by atoms with van der Waals surface area (Å²) in [5.41, 5.74) is -1.85. The summed E-state index contributed by atoms with van der Waals surface area (Å²) in [6.45, 7) is 3.64. The van der Waals surface area contributed by atoms with Crippen LogP contribution in [0.15, 0.2) is 12.2 Å². The van der Waals surface area contributed by atoms with E-state index in [9.17, 15) is 14.7 Å². The van der Waals surface area contributed by atoms with E-state index in [0.717, 1.165) is 19.3 Å². The molecule has 3 aliphatic rings. The van der Waals surface area contributed by atoms with Crippen LogP contribution in [0.2, 0.25) is 0 Å². The van der Waals surface area contributed by atoms with Crippen LogP contribution in [-0.2, 0) is 14.3 Å². The zero-order valence-electron chi connectivity index (χ0n) is 12.8. The van der Waals surface area contributed by atoms with Crippen LogP contribution in [0, 0.1) is 11.8 Å². The zero-order chi connectivity index (χ0) is 15.4. The molecule has 21 heavy (non-hydrogen) atoms. The minimum atomic E-state index is -0.958. The molecule has 0 aromatic carbocycles. The first-order valence-electron chi connectivity index (χ1n) is 7.66. The number of aliphatic hydroxyl groups excluding tert-OH is 1. The fourth-order valence-corrected chi connectivity index (χ4v) is 4.30. The van der Waals surface area contributed by atoms with Crippen LogP contribution < -0.4 is 0 Å². The number of ether oxygens (including phenoxy) is 1. The maximum Gasteiger partial charge on any atom is 0.307 e. The van der Waals surface area contributed by atoms with Crippen molar-refractivity contribution < 1.29 is 19.4 Å². The number of amides is 1. The first-order valence-corrected chi connectivity index (χ1v) is 7.66. The van der Waals surface area contributed by atoms with Crippen molar-refractivity contribution >= 4 is 11.9 Å². The van der Waals surface area contributed by atoms with Gasteiger partial charge in [0.2, 0.25) is 5.91 Å². The third kappa shape index (κ3) is 1.73. The molecule has 0 aromatic heterocycles. The maximum absolute atomic E-state index is 12.5. The highest BCUT2D eigenvalue weighted by atomic mass is 16.6. The van der Waals surface area contributed by atoms with Crippen molar-refractivity contribution in [1.29, 1.82) is 0 Å². The quantitative estimate of drug-likeness (QED) is 0.615. The average molecular weight is 293 g/mol. The Morgan fingerprint density at radius 1 is 1.43 bits per heavy atom. The van der Waals surface area contributed by atoms with Gasteiger partial charge in [0.25, 0.3) is 0 Å². The predicted molar refractivity (Wildman–Crippen MR) is 76.3 cm³/mol. The van der Waals surface area contributed by atoms with Gasteiger partial charge in [-0.05, 0) is 33.1 Å². The third-order valence-electron chi connectivity index (χ3n) is 5.97. The van der Waals surface area contributed by atoms with Crippen LogP contribution in [0.3, 0.4) is 0 Å². The van der Waals surface area contributed by atoms with Crippen molar-refractivity contribution in [2.45, 2.75) is 56.8 Å². The summed E-state index contributed by atoms with van der Waals surface area (Å²) in [6, 6.07) is 0. The van der Waals surface area contributed by atoms with E-state index in [-0.39, 0.29) is 24.2 Å². The molecule has 5 atom stereocenters. The molecule has 0 aromatic rings. The number of carbonyl (C=O) groups excluding carboxylic acids is 2. The smallest absolute Gasteiger partial charge is 0.307 e. The molecule has 2 aliphatic heterocycles. The molecule has 1 unspecified atom stereocenters. The average Bonchev–Trinajstić information content (AvgIpc) is 2.86. The van der Waals surface area contributed by atoms with E-state index in [1.54, 1.807) is 18.9 Å². The summed E-state index contributed by atoms with van der Waals surface area (Å²) in [7, 11) is 1.70. The topological polar surface area (TPSA) is 66.8 Å². The van der Waals surface area contributed by atoms with E-state index in [2.05, 4.69) is 6.08 Å². The fraction of sp³-hybridized carbons (Fsp3) is 0.750. The van der Waals surface area contributed by atoms with Crippen molar-refractivity contribution in [3.8, 4) is 0 Å². The van der Waals surface area contributed by atoms with Gasteiger partial charge >= 0.3 is 5.97 Å². The molecular formula is C16H23NO4. The van der Waals surface area contributed by atoms with Crippen LogP contribution in [-0.4, -0.2) is 46.2 Å². The number of hydrogen-bond acceptors (Lipinski definition) is 4. The van der Waals surface area contributed by atoms with Crippen LogP contribution in [0.25, 0.3) is 0 Å². The highest BCUT2D eigenvalue weighted by Gasteiger charge is 2.71. The minimum absolute atomic E-state index is 0.00567. The monoisotopic (exact) mass is 293 g/mol. The van der Waals surface area contributed by atoms with E-state index in [4.69, 9.17) is 4.74 Å². The Bertz CT molecular complexity index is 516. The van der Waals surface area contributed by atoms with Crippen LogP contribution >= 0.6 is 0 Å². The van der Waals surface area contributed by atoms with E-state index < -0.39 is 23.2 Å². The lowest BCUT2D eigenvalue weighted by atomic mass is 9.70. The van der Waals surface area contributed by atoms with Gasteiger partial charge in [-0.15, -0.1) is 0 Å². The molecule has 0 radical (unpaired) electrons. The number of esters is 1. The Morgan fingerprint density at radius 2 is 2.14 bits per heavy atom. The number of fused-ring (bicyclic) bond motifs is 1. The summed E-state index contributed by atoms with van der Waals surface area (Å²) in [6.07, 6.45) is 6.44. The van der Waals surface area contributed by atoms with Crippen molar-refractivity contribution in [3.63, 3.8) is 0 Å².